The molecule has 0 saturated carbocycles. The number of rotatable bonds is 6. The van der Waals surface area contributed by atoms with Gasteiger partial charge >= 0.3 is 0 Å². The first kappa shape index (κ1) is 18.7. The largest absolute Gasteiger partial charge is 0.497 e. The van der Waals surface area contributed by atoms with Gasteiger partial charge in [0.1, 0.15) is 18.3 Å². The van der Waals surface area contributed by atoms with Gasteiger partial charge in [-0.25, -0.2) is 0 Å². The van der Waals surface area contributed by atoms with Crippen molar-refractivity contribution in [3.63, 3.8) is 0 Å². The molecule has 0 radical (unpaired) electrons. The Morgan fingerprint density at radius 3 is 2.72 bits per heavy atom. The molecule has 0 bridgehead atoms. The topological polar surface area (TPSA) is 97.6 Å². The fraction of sp³-hybridized carbons (Fsp3) is 0.238. The highest BCUT2D eigenvalue weighted by atomic mass is 16.5. The molecule has 2 heterocycles. The SMILES string of the molecule is COc1ccc(-c2noc([C@H](C)NC(=O)CN3Cc4ccccc4C3=O)n2)cc1. The van der Waals surface area contributed by atoms with E-state index >= 15 is 0 Å². The molecular formula is C21H20N4O4. The molecule has 29 heavy (non-hydrogen) atoms. The molecule has 3 aromatic rings. The molecule has 8 nitrogen and oxygen atoms in total. The first-order chi connectivity index (χ1) is 14.0. The van der Waals surface area contributed by atoms with Gasteiger partial charge in [-0.2, -0.15) is 4.98 Å². The lowest BCUT2D eigenvalue weighted by atomic mass is 10.1. The molecule has 4 rings (SSSR count). The Morgan fingerprint density at radius 1 is 1.24 bits per heavy atom. The van der Waals surface area contributed by atoms with Crippen LogP contribution >= 0.6 is 0 Å². The van der Waals surface area contributed by atoms with Crippen LogP contribution in [0.1, 0.15) is 34.8 Å². The number of carbonyl (C=O) groups excluding carboxylic acids is 2. The van der Waals surface area contributed by atoms with Crippen molar-refractivity contribution in [3.05, 3.63) is 65.5 Å². The molecule has 1 atom stereocenters. The Kier molecular flexibility index (Phi) is 4.99. The maximum atomic E-state index is 12.4. The zero-order chi connectivity index (χ0) is 20.4. The van der Waals surface area contributed by atoms with Crippen molar-refractivity contribution in [2.45, 2.75) is 19.5 Å². The van der Waals surface area contributed by atoms with Gasteiger partial charge in [-0.3, -0.25) is 9.59 Å². The van der Waals surface area contributed by atoms with Crippen molar-refractivity contribution < 1.29 is 18.8 Å². The molecule has 0 aliphatic carbocycles. The fourth-order valence-electron chi connectivity index (χ4n) is 3.23. The van der Waals surface area contributed by atoms with Crippen LogP contribution in [0.3, 0.4) is 0 Å². The summed E-state index contributed by atoms with van der Waals surface area (Å²) in [6, 6.07) is 14.2. The van der Waals surface area contributed by atoms with Gasteiger partial charge in [0.2, 0.25) is 17.6 Å². The molecule has 1 aliphatic rings. The highest BCUT2D eigenvalue weighted by Gasteiger charge is 2.29. The molecule has 1 N–H and O–H groups in total. The van der Waals surface area contributed by atoms with E-state index in [2.05, 4.69) is 15.5 Å². The van der Waals surface area contributed by atoms with E-state index in [0.717, 1.165) is 16.9 Å². The maximum absolute atomic E-state index is 12.4. The molecule has 0 unspecified atom stereocenters. The molecule has 1 aliphatic heterocycles. The number of fused-ring (bicyclic) bond motifs is 1. The molecular weight excluding hydrogens is 372 g/mol. The third kappa shape index (κ3) is 3.82. The third-order valence-corrected chi connectivity index (χ3v) is 4.77. The molecule has 148 valence electrons. The Morgan fingerprint density at radius 2 is 2.00 bits per heavy atom. The van der Waals surface area contributed by atoms with Gasteiger partial charge in [0.05, 0.1) is 7.11 Å². The predicted octanol–water partition coefficient (Wildman–Crippen LogP) is 2.58. The van der Waals surface area contributed by atoms with Gasteiger partial charge in [-0.05, 0) is 42.8 Å². The maximum Gasteiger partial charge on any atom is 0.254 e. The van der Waals surface area contributed by atoms with Gasteiger partial charge in [0.25, 0.3) is 5.91 Å². The van der Waals surface area contributed by atoms with Crippen LogP contribution in [0.2, 0.25) is 0 Å². The van der Waals surface area contributed by atoms with Crippen LogP contribution in [0, 0.1) is 0 Å². The number of nitrogens with zero attached hydrogens (tertiary/aromatic N) is 3. The number of hydrogen-bond acceptors (Lipinski definition) is 6. The van der Waals surface area contributed by atoms with Crippen molar-refractivity contribution in [2.24, 2.45) is 0 Å². The van der Waals surface area contributed by atoms with Gasteiger partial charge < -0.3 is 19.5 Å². The molecule has 0 spiro atoms. The van der Waals surface area contributed by atoms with Crippen LogP contribution in [0.15, 0.2) is 53.1 Å². The van der Waals surface area contributed by atoms with Crippen LogP contribution in [0.4, 0.5) is 0 Å². The minimum Gasteiger partial charge on any atom is -0.497 e. The minimum atomic E-state index is -0.484. The Labute approximate surface area is 167 Å². The van der Waals surface area contributed by atoms with Gasteiger partial charge in [-0.15, -0.1) is 0 Å². The van der Waals surface area contributed by atoms with Crippen molar-refractivity contribution in [1.29, 1.82) is 0 Å². The number of carbonyl (C=O) groups is 2. The number of benzene rings is 2. The number of nitrogens with one attached hydrogen (secondary N) is 1. The van der Waals surface area contributed by atoms with Crippen LogP contribution in [-0.4, -0.2) is 40.5 Å². The Balaban J connectivity index is 1.37. The van der Waals surface area contributed by atoms with Crippen LogP contribution < -0.4 is 10.1 Å². The summed E-state index contributed by atoms with van der Waals surface area (Å²) in [6.45, 7) is 2.15. The van der Waals surface area contributed by atoms with Crippen LogP contribution in [0.25, 0.3) is 11.4 Å². The standard InChI is InChI=1S/C21H20N4O4/c1-13(20-23-19(24-29-20)14-7-9-16(28-2)10-8-14)22-18(26)12-25-11-15-5-3-4-6-17(15)21(25)27/h3-10,13H,11-12H2,1-2H3,(H,22,26)/t13-/m0/s1. The second-order valence-corrected chi connectivity index (χ2v) is 6.79. The predicted molar refractivity (Wildman–Crippen MR) is 104 cm³/mol. The van der Waals surface area contributed by atoms with E-state index in [4.69, 9.17) is 9.26 Å². The zero-order valence-corrected chi connectivity index (χ0v) is 16.1. The van der Waals surface area contributed by atoms with Crippen molar-refractivity contribution >= 4 is 11.8 Å². The highest BCUT2D eigenvalue weighted by Crippen LogP contribution is 2.23. The van der Waals surface area contributed by atoms with Crippen molar-refractivity contribution in [2.75, 3.05) is 13.7 Å². The zero-order valence-electron chi connectivity index (χ0n) is 16.1. The molecule has 2 aromatic carbocycles. The number of hydrogen-bond donors (Lipinski definition) is 1. The normalized spacial score (nSPS) is 13.9. The van der Waals surface area contributed by atoms with E-state index in [0.29, 0.717) is 23.8 Å². The summed E-state index contributed by atoms with van der Waals surface area (Å²) in [5.74, 6) is 1.02. The molecule has 8 heteroatoms. The second kappa shape index (κ2) is 7.75. The summed E-state index contributed by atoms with van der Waals surface area (Å²) >= 11 is 0. The summed E-state index contributed by atoms with van der Waals surface area (Å²) < 4.78 is 10.4. The lowest BCUT2D eigenvalue weighted by molar-refractivity contribution is -0.122. The number of methoxy groups -OCH3 is 1. The molecule has 0 saturated heterocycles. The Hall–Kier alpha value is -3.68. The van der Waals surface area contributed by atoms with Crippen LogP contribution in [-0.2, 0) is 11.3 Å². The summed E-state index contributed by atoms with van der Waals surface area (Å²) in [4.78, 5) is 30.7. The van der Waals surface area contributed by atoms with Crippen molar-refractivity contribution in [1.82, 2.24) is 20.4 Å². The van der Waals surface area contributed by atoms with E-state index in [9.17, 15) is 9.59 Å². The smallest absolute Gasteiger partial charge is 0.254 e. The number of ether oxygens (including phenoxy) is 1. The monoisotopic (exact) mass is 392 g/mol. The van der Waals surface area contributed by atoms with Crippen molar-refractivity contribution in [3.8, 4) is 17.1 Å². The van der Waals surface area contributed by atoms with E-state index in [1.54, 1.807) is 20.1 Å². The summed E-state index contributed by atoms with van der Waals surface area (Å²) in [6.07, 6.45) is 0. The third-order valence-electron chi connectivity index (χ3n) is 4.77. The average molecular weight is 392 g/mol. The molecule has 0 fully saturated rings. The van der Waals surface area contributed by atoms with E-state index in [1.165, 1.54) is 4.90 Å². The van der Waals surface area contributed by atoms with Gasteiger partial charge in [0, 0.05) is 17.7 Å². The Bertz CT molecular complexity index is 1040. The average Bonchev–Trinajstić information content (AvgIpc) is 3.34. The first-order valence-electron chi connectivity index (χ1n) is 9.19. The van der Waals surface area contributed by atoms with Crippen LogP contribution in [0.5, 0.6) is 5.75 Å². The number of amides is 2. The van der Waals surface area contributed by atoms with E-state index < -0.39 is 6.04 Å². The molecule has 1 aromatic heterocycles. The second-order valence-electron chi connectivity index (χ2n) is 6.79. The van der Waals surface area contributed by atoms with Gasteiger partial charge in [0.15, 0.2) is 0 Å². The summed E-state index contributed by atoms with van der Waals surface area (Å²) in [7, 11) is 1.60. The quantitative estimate of drug-likeness (QED) is 0.692. The fourth-order valence-corrected chi connectivity index (χ4v) is 3.23. The van der Waals surface area contributed by atoms with E-state index in [1.807, 2.05) is 42.5 Å². The lowest BCUT2D eigenvalue weighted by Gasteiger charge is -2.16. The first-order valence-corrected chi connectivity index (χ1v) is 9.19. The highest BCUT2D eigenvalue weighted by molar-refractivity contribution is 6.00. The number of aromatic nitrogens is 2. The summed E-state index contributed by atoms with van der Waals surface area (Å²) in [5, 5.41) is 6.77. The lowest BCUT2D eigenvalue weighted by Crippen LogP contribution is -2.38. The molecule has 2 amide bonds. The van der Waals surface area contributed by atoms with E-state index in [-0.39, 0.29) is 18.4 Å². The van der Waals surface area contributed by atoms with Gasteiger partial charge in [-0.1, -0.05) is 23.4 Å². The minimum absolute atomic E-state index is 0.0304. The summed E-state index contributed by atoms with van der Waals surface area (Å²) in [5.41, 5.74) is 2.36.